The van der Waals surface area contributed by atoms with E-state index in [1.54, 1.807) is 24.5 Å². The molecule has 0 aliphatic carbocycles. The molecular formula is C12H19N3O2. The van der Waals surface area contributed by atoms with Crippen molar-refractivity contribution < 1.29 is 9.90 Å². The van der Waals surface area contributed by atoms with Crippen LogP contribution in [0.1, 0.15) is 23.2 Å². The quantitative estimate of drug-likeness (QED) is 0.564. The molecule has 0 radical (unpaired) electrons. The third kappa shape index (κ3) is 5.99. The maximum absolute atomic E-state index is 11.6. The number of carbonyl (C=O) groups excluding carboxylic acids is 1. The summed E-state index contributed by atoms with van der Waals surface area (Å²) in [7, 11) is 0. The molecule has 0 fully saturated rings. The third-order valence-corrected chi connectivity index (χ3v) is 2.27. The number of pyridine rings is 1. The number of amides is 1. The van der Waals surface area contributed by atoms with Gasteiger partial charge in [-0.2, -0.15) is 0 Å². The number of hydrogen-bond acceptors (Lipinski definition) is 4. The van der Waals surface area contributed by atoms with Crippen LogP contribution in [-0.2, 0) is 0 Å². The lowest BCUT2D eigenvalue weighted by molar-refractivity contribution is 0.0953. The van der Waals surface area contributed by atoms with Gasteiger partial charge in [0.2, 0.25) is 0 Å². The maximum atomic E-state index is 11.6. The van der Waals surface area contributed by atoms with Crippen molar-refractivity contribution in [2.45, 2.75) is 12.8 Å². The smallest absolute Gasteiger partial charge is 0.251 e. The normalized spacial score (nSPS) is 10.2. The van der Waals surface area contributed by atoms with Gasteiger partial charge in [0.15, 0.2) is 0 Å². The van der Waals surface area contributed by atoms with Crippen molar-refractivity contribution in [2.24, 2.45) is 0 Å². The Morgan fingerprint density at radius 1 is 1.18 bits per heavy atom. The molecule has 1 aromatic rings. The van der Waals surface area contributed by atoms with Gasteiger partial charge in [-0.15, -0.1) is 0 Å². The van der Waals surface area contributed by atoms with Gasteiger partial charge in [-0.3, -0.25) is 9.78 Å². The molecule has 1 amide bonds. The van der Waals surface area contributed by atoms with Gasteiger partial charge < -0.3 is 15.7 Å². The zero-order valence-corrected chi connectivity index (χ0v) is 9.85. The molecule has 0 unspecified atom stereocenters. The van der Waals surface area contributed by atoms with E-state index in [1.165, 1.54) is 0 Å². The van der Waals surface area contributed by atoms with Gasteiger partial charge in [0.1, 0.15) is 0 Å². The van der Waals surface area contributed by atoms with E-state index in [-0.39, 0.29) is 12.5 Å². The van der Waals surface area contributed by atoms with Gasteiger partial charge >= 0.3 is 0 Å². The minimum absolute atomic E-state index is 0.0669. The molecule has 1 rings (SSSR count). The molecule has 1 aromatic heterocycles. The number of rotatable bonds is 8. The molecule has 0 spiro atoms. The van der Waals surface area contributed by atoms with Crippen LogP contribution in [0.5, 0.6) is 0 Å². The average Bonchev–Trinajstić information content (AvgIpc) is 2.38. The van der Waals surface area contributed by atoms with Crippen molar-refractivity contribution in [3.63, 3.8) is 0 Å². The standard InChI is InChI=1S/C12H19N3O2/c16-10-2-6-13-5-1-7-15-12(17)11-3-8-14-9-4-11/h3-4,8-9,13,16H,1-2,5-7,10H2,(H,15,17). The van der Waals surface area contributed by atoms with E-state index in [0.29, 0.717) is 12.1 Å². The molecule has 0 saturated heterocycles. The van der Waals surface area contributed by atoms with E-state index in [2.05, 4.69) is 15.6 Å². The first-order valence-electron chi connectivity index (χ1n) is 5.84. The summed E-state index contributed by atoms with van der Waals surface area (Å²) in [5, 5.41) is 14.6. The van der Waals surface area contributed by atoms with Crippen LogP contribution in [-0.4, -0.2) is 42.2 Å². The van der Waals surface area contributed by atoms with E-state index in [9.17, 15) is 4.79 Å². The van der Waals surface area contributed by atoms with Gasteiger partial charge in [-0.05, 0) is 38.1 Å². The lowest BCUT2D eigenvalue weighted by atomic mass is 10.2. The predicted octanol–water partition coefficient (Wildman–Crippen LogP) is 0.174. The molecule has 0 aliphatic heterocycles. The Bertz CT molecular complexity index is 317. The molecule has 0 aliphatic rings. The molecule has 5 nitrogen and oxygen atoms in total. The number of aliphatic hydroxyl groups excluding tert-OH is 1. The van der Waals surface area contributed by atoms with Gasteiger partial charge in [-0.25, -0.2) is 0 Å². The van der Waals surface area contributed by atoms with Crippen molar-refractivity contribution in [3.05, 3.63) is 30.1 Å². The summed E-state index contributed by atoms with van der Waals surface area (Å²) in [4.78, 5) is 15.4. The number of aliphatic hydroxyl groups is 1. The highest BCUT2D eigenvalue weighted by Gasteiger charge is 2.02. The first-order valence-corrected chi connectivity index (χ1v) is 5.84. The molecule has 0 aromatic carbocycles. The van der Waals surface area contributed by atoms with Crippen LogP contribution >= 0.6 is 0 Å². The lowest BCUT2D eigenvalue weighted by Crippen LogP contribution is -2.27. The minimum Gasteiger partial charge on any atom is -0.396 e. The van der Waals surface area contributed by atoms with Crippen LogP contribution in [0.4, 0.5) is 0 Å². The van der Waals surface area contributed by atoms with E-state index < -0.39 is 0 Å². The molecule has 0 atom stereocenters. The predicted molar refractivity (Wildman–Crippen MR) is 65.8 cm³/mol. The topological polar surface area (TPSA) is 74.2 Å². The monoisotopic (exact) mass is 237 g/mol. The second kappa shape index (κ2) is 8.66. The number of aromatic nitrogens is 1. The highest BCUT2D eigenvalue weighted by molar-refractivity contribution is 5.93. The van der Waals surface area contributed by atoms with Gasteiger partial charge in [0.05, 0.1) is 0 Å². The Kier molecular flexibility index (Phi) is 6.93. The Hall–Kier alpha value is -1.46. The zero-order chi connectivity index (χ0) is 12.3. The molecule has 17 heavy (non-hydrogen) atoms. The van der Waals surface area contributed by atoms with Gasteiger partial charge in [-0.1, -0.05) is 0 Å². The Morgan fingerprint density at radius 3 is 2.59 bits per heavy atom. The fourth-order valence-corrected chi connectivity index (χ4v) is 1.35. The fraction of sp³-hybridized carbons (Fsp3) is 0.500. The summed E-state index contributed by atoms with van der Waals surface area (Å²) in [6, 6.07) is 3.38. The van der Waals surface area contributed by atoms with Crippen LogP contribution in [0.2, 0.25) is 0 Å². The second-order valence-electron chi connectivity index (χ2n) is 3.67. The molecule has 5 heteroatoms. The zero-order valence-electron chi connectivity index (χ0n) is 9.85. The maximum Gasteiger partial charge on any atom is 0.251 e. The van der Waals surface area contributed by atoms with Crippen LogP contribution in [0, 0.1) is 0 Å². The van der Waals surface area contributed by atoms with Crippen molar-refractivity contribution in [3.8, 4) is 0 Å². The third-order valence-electron chi connectivity index (χ3n) is 2.27. The first-order chi connectivity index (χ1) is 8.34. The largest absolute Gasteiger partial charge is 0.396 e. The summed E-state index contributed by atoms with van der Waals surface area (Å²) in [5.74, 6) is -0.0669. The fourth-order valence-electron chi connectivity index (χ4n) is 1.35. The Labute approximate surface area is 101 Å². The summed E-state index contributed by atoms with van der Waals surface area (Å²) < 4.78 is 0. The second-order valence-corrected chi connectivity index (χ2v) is 3.67. The highest BCUT2D eigenvalue weighted by Crippen LogP contribution is 1.95. The summed E-state index contributed by atoms with van der Waals surface area (Å²) in [5.41, 5.74) is 0.633. The van der Waals surface area contributed by atoms with Crippen molar-refractivity contribution in [1.82, 2.24) is 15.6 Å². The van der Waals surface area contributed by atoms with Crippen molar-refractivity contribution in [1.29, 1.82) is 0 Å². The SMILES string of the molecule is O=C(NCCCNCCCO)c1ccncc1. The van der Waals surface area contributed by atoms with Crippen molar-refractivity contribution in [2.75, 3.05) is 26.2 Å². The van der Waals surface area contributed by atoms with E-state index in [1.807, 2.05) is 0 Å². The Morgan fingerprint density at radius 2 is 1.88 bits per heavy atom. The van der Waals surface area contributed by atoms with Crippen LogP contribution < -0.4 is 10.6 Å². The van der Waals surface area contributed by atoms with Gasteiger partial charge in [0.25, 0.3) is 5.91 Å². The highest BCUT2D eigenvalue weighted by atomic mass is 16.3. The van der Waals surface area contributed by atoms with Crippen LogP contribution in [0.25, 0.3) is 0 Å². The molecule has 1 heterocycles. The lowest BCUT2D eigenvalue weighted by Gasteiger charge is -2.05. The molecule has 0 saturated carbocycles. The number of hydrogen-bond donors (Lipinski definition) is 3. The number of carbonyl (C=O) groups is 1. The van der Waals surface area contributed by atoms with Crippen LogP contribution in [0.15, 0.2) is 24.5 Å². The van der Waals surface area contributed by atoms with E-state index in [4.69, 9.17) is 5.11 Å². The minimum atomic E-state index is -0.0669. The number of nitrogens with zero attached hydrogens (tertiary/aromatic N) is 1. The average molecular weight is 237 g/mol. The molecule has 0 bridgehead atoms. The van der Waals surface area contributed by atoms with Crippen LogP contribution in [0.3, 0.4) is 0 Å². The summed E-state index contributed by atoms with van der Waals surface area (Å²) in [6.07, 6.45) is 4.85. The molecule has 94 valence electrons. The summed E-state index contributed by atoms with van der Waals surface area (Å²) >= 11 is 0. The van der Waals surface area contributed by atoms with E-state index in [0.717, 1.165) is 25.9 Å². The molecule has 3 N–H and O–H groups in total. The van der Waals surface area contributed by atoms with Gasteiger partial charge in [0, 0.05) is 31.1 Å². The molecular weight excluding hydrogens is 218 g/mol. The first kappa shape index (κ1) is 13.6. The number of nitrogens with one attached hydrogen (secondary N) is 2. The Balaban J connectivity index is 2.05. The van der Waals surface area contributed by atoms with E-state index >= 15 is 0 Å². The van der Waals surface area contributed by atoms with Crippen molar-refractivity contribution >= 4 is 5.91 Å². The summed E-state index contributed by atoms with van der Waals surface area (Å²) in [6.45, 7) is 2.52.